The van der Waals surface area contributed by atoms with Gasteiger partial charge in [0.15, 0.2) is 17.5 Å². The van der Waals surface area contributed by atoms with Crippen LogP contribution in [0.3, 0.4) is 0 Å². The molecule has 4 heterocycles. The van der Waals surface area contributed by atoms with Crippen molar-refractivity contribution in [2.24, 2.45) is 5.16 Å². The first kappa shape index (κ1) is 24.1. The summed E-state index contributed by atoms with van der Waals surface area (Å²) in [6, 6.07) is -0.932. The van der Waals surface area contributed by atoms with Gasteiger partial charge in [-0.1, -0.05) is 11.1 Å². The highest BCUT2D eigenvalue weighted by atomic mass is 32.2. The molecule has 11 nitrogen and oxygen atoms in total. The Morgan fingerprint density at radius 2 is 2.21 bits per heavy atom. The van der Waals surface area contributed by atoms with Crippen LogP contribution in [0.25, 0.3) is 0 Å². The topological polar surface area (TPSA) is 150 Å². The molecule has 13 heteroatoms. The fourth-order valence-electron chi connectivity index (χ4n) is 4.46. The summed E-state index contributed by atoms with van der Waals surface area (Å²) in [7, 11) is 2.10. The second kappa shape index (κ2) is 9.65. The number of nitrogens with zero attached hydrogens (tertiary/aromatic N) is 4. The van der Waals surface area contributed by atoms with Crippen molar-refractivity contribution in [3.63, 3.8) is 0 Å². The van der Waals surface area contributed by atoms with E-state index in [2.05, 4.69) is 28.4 Å². The van der Waals surface area contributed by atoms with Crippen molar-refractivity contribution in [3.8, 4) is 12.3 Å². The van der Waals surface area contributed by atoms with Crippen LogP contribution in [-0.2, 0) is 19.2 Å². The highest BCUT2D eigenvalue weighted by molar-refractivity contribution is 8.00. The summed E-state index contributed by atoms with van der Waals surface area (Å²) in [5.74, 6) is 0.0654. The maximum Gasteiger partial charge on any atom is 0.276 e. The molecule has 2 saturated heterocycles. The molecule has 34 heavy (non-hydrogen) atoms. The van der Waals surface area contributed by atoms with Gasteiger partial charge in [0, 0.05) is 29.5 Å². The van der Waals surface area contributed by atoms with E-state index in [4.69, 9.17) is 17.0 Å². The standard InChI is InChI=1S/C21H24N6O5S2/c1-3-8-32-25-14(13-11-34-21(22)23-13)17(28)24-15-18(29)26-16(20(30)31)12(10-33-19(15)26)9-27(2)6-4-5-7-27/h1,11,15,19H,4-10H2,2H3,(H3-,22,23,24,28,30,31)/b25-14-/t15?,19-/m1/s1. The zero-order valence-electron chi connectivity index (χ0n) is 18.5. The monoisotopic (exact) mass is 504 g/mol. The third-order valence-corrected chi connectivity index (χ3v) is 8.04. The molecule has 0 radical (unpaired) electrons. The molecule has 3 aliphatic heterocycles. The molecule has 3 aliphatic rings. The number of quaternary nitrogens is 1. The quantitative estimate of drug-likeness (QED) is 0.111. The van der Waals surface area contributed by atoms with E-state index in [1.165, 1.54) is 22.0 Å². The largest absolute Gasteiger partial charge is 0.543 e. The molecule has 0 aliphatic carbocycles. The zero-order valence-corrected chi connectivity index (χ0v) is 20.1. The normalized spacial score (nSPS) is 23.7. The molecule has 3 N–H and O–H groups in total. The lowest BCUT2D eigenvalue weighted by atomic mass is 10.0. The molecule has 0 spiro atoms. The van der Waals surface area contributed by atoms with E-state index in [-0.39, 0.29) is 28.8 Å². The fraction of sp³-hybridized carbons (Fsp3) is 0.476. The third-order valence-electron chi connectivity index (χ3n) is 6.03. The number of oxime groups is 1. The van der Waals surface area contributed by atoms with Crippen LogP contribution < -0.4 is 16.2 Å². The smallest absolute Gasteiger partial charge is 0.276 e. The van der Waals surface area contributed by atoms with Crippen LogP contribution in [0.2, 0.25) is 0 Å². The van der Waals surface area contributed by atoms with Crippen molar-refractivity contribution in [2.45, 2.75) is 24.3 Å². The Hall–Kier alpha value is -3.08. The lowest BCUT2D eigenvalue weighted by Gasteiger charge is -2.51. The van der Waals surface area contributed by atoms with Crippen LogP contribution in [0.4, 0.5) is 5.13 Å². The minimum Gasteiger partial charge on any atom is -0.543 e. The minimum atomic E-state index is -1.38. The number of likely N-dealkylation sites (tertiary alicyclic amines) is 1. The van der Waals surface area contributed by atoms with Gasteiger partial charge >= 0.3 is 0 Å². The van der Waals surface area contributed by atoms with Crippen LogP contribution in [-0.4, -0.2) is 88.3 Å². The summed E-state index contributed by atoms with van der Waals surface area (Å²) in [6.45, 7) is 2.33. The first-order valence-corrected chi connectivity index (χ1v) is 12.5. The van der Waals surface area contributed by atoms with Crippen LogP contribution in [0, 0.1) is 12.3 Å². The Labute approximate surface area is 204 Å². The number of likely N-dealkylation sites (N-methyl/N-ethyl adjacent to an activating group) is 1. The average molecular weight is 505 g/mol. The fourth-order valence-corrected chi connectivity index (χ4v) is 6.34. The van der Waals surface area contributed by atoms with Gasteiger partial charge in [0.05, 0.1) is 31.8 Å². The van der Waals surface area contributed by atoms with Gasteiger partial charge in [0.1, 0.15) is 23.7 Å². The minimum absolute atomic E-state index is 0.0796. The lowest BCUT2D eigenvalue weighted by Crippen LogP contribution is -2.71. The van der Waals surface area contributed by atoms with Crippen LogP contribution >= 0.6 is 23.1 Å². The molecule has 2 amide bonds. The Kier molecular flexibility index (Phi) is 6.83. The van der Waals surface area contributed by atoms with Gasteiger partial charge in [-0.05, 0) is 0 Å². The summed E-state index contributed by atoms with van der Waals surface area (Å²) in [6.07, 6.45) is 7.34. The Bertz CT molecular complexity index is 1120. The highest BCUT2D eigenvalue weighted by Crippen LogP contribution is 2.41. The molecular weight excluding hydrogens is 480 g/mol. The molecule has 180 valence electrons. The number of carbonyl (C=O) groups excluding carboxylic acids is 3. The number of nitrogen functional groups attached to an aromatic ring is 1. The number of thioether (sulfide) groups is 1. The number of nitrogens with two attached hydrogens (primary N) is 1. The van der Waals surface area contributed by atoms with Crippen molar-refractivity contribution in [1.82, 2.24) is 15.2 Å². The maximum atomic E-state index is 13.0. The number of aliphatic carboxylic acids is 1. The van der Waals surface area contributed by atoms with Crippen molar-refractivity contribution in [2.75, 3.05) is 44.8 Å². The van der Waals surface area contributed by atoms with E-state index in [0.717, 1.165) is 41.8 Å². The van der Waals surface area contributed by atoms with Crippen LogP contribution in [0.1, 0.15) is 18.5 Å². The molecule has 1 unspecified atom stereocenters. The van der Waals surface area contributed by atoms with Gasteiger partial charge in [-0.2, -0.15) is 0 Å². The van der Waals surface area contributed by atoms with Gasteiger partial charge in [0.25, 0.3) is 11.8 Å². The van der Waals surface area contributed by atoms with Gasteiger partial charge in [-0.15, -0.1) is 29.5 Å². The highest BCUT2D eigenvalue weighted by Gasteiger charge is 2.53. The summed E-state index contributed by atoms with van der Waals surface area (Å²) in [5, 5.41) is 19.6. The second-order valence-corrected chi connectivity index (χ2v) is 10.5. The molecule has 0 aromatic carbocycles. The second-order valence-electron chi connectivity index (χ2n) is 8.52. The average Bonchev–Trinajstić information content (AvgIpc) is 3.42. The lowest BCUT2D eigenvalue weighted by molar-refractivity contribution is -0.893. The number of carbonyl (C=O) groups is 3. The van der Waals surface area contributed by atoms with Gasteiger partial charge < -0.3 is 30.3 Å². The molecular formula is C21H24N6O5S2. The molecule has 4 rings (SSSR count). The van der Waals surface area contributed by atoms with Crippen molar-refractivity contribution in [3.05, 3.63) is 22.3 Å². The number of amides is 2. The number of hydrogen-bond acceptors (Lipinski definition) is 10. The van der Waals surface area contributed by atoms with Crippen molar-refractivity contribution in [1.29, 1.82) is 0 Å². The number of terminal acetylenes is 1. The van der Waals surface area contributed by atoms with E-state index in [1.807, 2.05) is 0 Å². The first-order valence-electron chi connectivity index (χ1n) is 10.6. The van der Waals surface area contributed by atoms with Gasteiger partial charge in [-0.3, -0.25) is 14.5 Å². The predicted molar refractivity (Wildman–Crippen MR) is 125 cm³/mol. The van der Waals surface area contributed by atoms with E-state index >= 15 is 0 Å². The number of rotatable bonds is 8. The van der Waals surface area contributed by atoms with Crippen LogP contribution in [0.5, 0.6) is 0 Å². The van der Waals surface area contributed by atoms with E-state index in [0.29, 0.717) is 17.9 Å². The maximum absolute atomic E-state index is 13.0. The van der Waals surface area contributed by atoms with Crippen molar-refractivity contribution >= 4 is 51.7 Å². The number of aromatic nitrogens is 1. The zero-order chi connectivity index (χ0) is 24.5. The predicted octanol–water partition coefficient (Wildman–Crippen LogP) is -1.28. The number of nitrogens with one attached hydrogen (secondary N) is 1. The third kappa shape index (κ3) is 4.61. The number of anilines is 1. The molecule has 2 atom stereocenters. The summed E-state index contributed by atoms with van der Waals surface area (Å²) in [5.41, 5.74) is 6.26. The number of carboxylic acid groups (broad SMARTS) is 1. The number of thiazole rings is 1. The van der Waals surface area contributed by atoms with E-state index in [9.17, 15) is 19.5 Å². The van der Waals surface area contributed by atoms with E-state index in [1.54, 1.807) is 0 Å². The van der Waals surface area contributed by atoms with E-state index < -0.39 is 29.2 Å². The molecule has 1 aromatic rings. The number of carboxylic acids is 1. The van der Waals surface area contributed by atoms with Gasteiger partial charge in [0.2, 0.25) is 0 Å². The number of hydrogen-bond donors (Lipinski definition) is 2. The SMILES string of the molecule is C#CCO/N=C(\C(=O)NC1C(=O)N2C(C(=O)[O-])=C(C[N+]3(C)CCCC3)CS[C@H]12)c1csc(N)n1. The Morgan fingerprint density at radius 1 is 1.47 bits per heavy atom. The number of β-lactam (4-membered cyclic amide) rings is 1. The molecule has 0 saturated carbocycles. The first-order chi connectivity index (χ1) is 16.2. The summed E-state index contributed by atoms with van der Waals surface area (Å²) < 4.78 is 0.744. The number of fused-ring (bicyclic) bond motifs is 1. The van der Waals surface area contributed by atoms with Crippen molar-refractivity contribution < 1.29 is 28.8 Å². The Morgan fingerprint density at radius 3 is 2.82 bits per heavy atom. The summed E-state index contributed by atoms with van der Waals surface area (Å²) in [4.78, 5) is 48.1. The van der Waals surface area contributed by atoms with Gasteiger partial charge in [-0.25, -0.2) is 4.98 Å². The summed E-state index contributed by atoms with van der Waals surface area (Å²) >= 11 is 2.53. The Balaban J connectivity index is 1.52. The van der Waals surface area contributed by atoms with Crippen LogP contribution in [0.15, 0.2) is 21.8 Å². The molecule has 2 fully saturated rings. The molecule has 0 bridgehead atoms. The molecule has 1 aromatic heterocycles.